The Morgan fingerprint density at radius 1 is 0.230 bits per heavy atom. The number of hydrogen-bond donors (Lipinski definition) is 0. The highest BCUT2D eigenvalue weighted by Crippen LogP contribution is 2.52. The summed E-state index contributed by atoms with van der Waals surface area (Å²) in [5.74, 6) is 1.61. The van der Waals surface area contributed by atoms with Crippen LogP contribution in [0.3, 0.4) is 0 Å². The van der Waals surface area contributed by atoms with Crippen LogP contribution in [-0.4, -0.2) is 58.6 Å². The number of nitrogens with zero attached hydrogens (tertiary/aromatic N) is 12. The fourth-order valence-corrected chi connectivity index (χ4v) is 22.9. The largest absolute Gasteiger partial charge is 0.309 e. The van der Waals surface area contributed by atoms with Gasteiger partial charge in [0.25, 0.3) is 0 Å². The molecular formula is C107H60N12S3. The maximum atomic E-state index is 5.29. The molecule has 0 radical (unpaired) electrons. The summed E-state index contributed by atoms with van der Waals surface area (Å²) >= 11 is 5.47. The smallest absolute Gasteiger partial charge is 0.160 e. The van der Waals surface area contributed by atoms with E-state index in [9.17, 15) is 0 Å². The molecule has 0 bridgehead atoms. The number of fused-ring (bicyclic) bond motifs is 37. The predicted molar refractivity (Wildman–Crippen MR) is 512 cm³/mol. The van der Waals surface area contributed by atoms with Crippen molar-refractivity contribution >= 4 is 247 Å². The lowest BCUT2D eigenvalue weighted by molar-refractivity contribution is 1.11. The topological polar surface area (TPSA) is 131 Å². The molecule has 0 saturated heterocycles. The van der Waals surface area contributed by atoms with Crippen LogP contribution in [0.5, 0.6) is 0 Å². The van der Waals surface area contributed by atoms with Crippen molar-refractivity contribution in [1.29, 1.82) is 0 Å². The first-order chi connectivity index (χ1) is 60.6. The third-order valence-corrected chi connectivity index (χ3v) is 27.9. The molecule has 0 aliphatic carbocycles. The van der Waals surface area contributed by atoms with Gasteiger partial charge in [0, 0.05) is 176 Å². The predicted octanol–water partition coefficient (Wildman–Crippen LogP) is 28.6. The quantitative estimate of drug-likeness (QED) is 0.155. The Bertz CT molecular complexity index is 9290. The van der Waals surface area contributed by atoms with Crippen LogP contribution in [0.25, 0.3) is 253 Å². The third-order valence-electron chi connectivity index (χ3n) is 24.4. The van der Waals surface area contributed by atoms with E-state index in [0.29, 0.717) is 0 Å². The van der Waals surface area contributed by atoms with Crippen molar-refractivity contribution in [3.05, 3.63) is 365 Å². The molecule has 122 heavy (non-hydrogen) atoms. The third kappa shape index (κ3) is 10.2. The zero-order valence-corrected chi connectivity index (χ0v) is 67.2. The van der Waals surface area contributed by atoms with Crippen LogP contribution in [0.4, 0.5) is 0 Å². The van der Waals surface area contributed by atoms with Crippen molar-refractivity contribution in [3.63, 3.8) is 0 Å². The minimum absolute atomic E-state index is 0.724. The summed E-state index contributed by atoms with van der Waals surface area (Å²) in [5, 5.41) is 23.7. The molecule has 0 fully saturated rings. The Hall–Kier alpha value is -15.7. The Morgan fingerprint density at radius 3 is 1.17 bits per heavy atom. The van der Waals surface area contributed by atoms with E-state index in [0.717, 1.165) is 122 Å². The van der Waals surface area contributed by atoms with Crippen molar-refractivity contribution < 1.29 is 0 Å². The maximum absolute atomic E-state index is 5.29. The summed E-state index contributed by atoms with van der Waals surface area (Å²) < 4.78 is 14.7. The van der Waals surface area contributed by atoms with E-state index < -0.39 is 0 Å². The van der Waals surface area contributed by atoms with Crippen LogP contribution in [0.2, 0.25) is 0 Å². The van der Waals surface area contributed by atoms with E-state index in [1.807, 2.05) is 120 Å². The van der Waals surface area contributed by atoms with Crippen molar-refractivity contribution in [1.82, 2.24) is 58.6 Å². The van der Waals surface area contributed by atoms with E-state index in [4.69, 9.17) is 44.9 Å². The van der Waals surface area contributed by atoms with Crippen LogP contribution in [-0.2, 0) is 0 Å². The Kier molecular flexibility index (Phi) is 15.1. The highest BCUT2D eigenvalue weighted by Gasteiger charge is 2.28. The number of aromatic nitrogens is 12. The van der Waals surface area contributed by atoms with Gasteiger partial charge in [0.05, 0.1) is 103 Å². The first-order valence-corrected chi connectivity index (χ1v) is 43.1. The average molecular weight is 1610 g/mol. The molecule has 14 heterocycles. The molecule has 14 aromatic heterocycles. The van der Waals surface area contributed by atoms with E-state index in [1.54, 1.807) is 0 Å². The molecule has 0 spiro atoms. The summed E-state index contributed by atoms with van der Waals surface area (Å²) in [6.07, 6.45) is 11.3. The number of rotatable bonds is 5. The van der Waals surface area contributed by atoms with E-state index in [2.05, 4.69) is 293 Å². The van der Waals surface area contributed by atoms with Crippen molar-refractivity contribution in [2.24, 2.45) is 0 Å². The van der Waals surface area contributed by atoms with Gasteiger partial charge >= 0.3 is 0 Å². The Labute approximate surface area is 705 Å². The highest BCUT2D eigenvalue weighted by atomic mass is 32.1. The Balaban J connectivity index is 0.0000000990. The SMILES string of the molecule is c1ccc(-c2nc(-c3ccccc3)c3cc(-n4c5ccccc5c5c6cccnc6c6sc7ccccc7c6c54)ccc3n2)cc1.c1cnc2c(c1)ccc1c(-n3c4ccccc4c4c5cccnc5c5sc6ccccc6c5c43)ccnc12.c1cnc2c(c1)ccc1ccc(-n3c4ccccc4c4c5cccnc5c5sc6ccccc6c5c43)nc12. The van der Waals surface area contributed by atoms with Crippen molar-refractivity contribution in [2.75, 3.05) is 0 Å². The molecule has 28 rings (SSSR count). The zero-order valence-electron chi connectivity index (χ0n) is 64.7. The van der Waals surface area contributed by atoms with Gasteiger partial charge in [-0.3, -0.25) is 34.5 Å². The summed E-state index contributed by atoms with van der Waals surface area (Å²) in [6, 6.07) is 115. The number of hydrogen-bond acceptors (Lipinski definition) is 12. The molecule has 566 valence electrons. The molecule has 0 atom stereocenters. The van der Waals surface area contributed by atoms with Crippen LogP contribution >= 0.6 is 34.0 Å². The average Bonchev–Trinajstić information content (AvgIpc) is 1.55. The van der Waals surface area contributed by atoms with Crippen molar-refractivity contribution in [3.8, 4) is 39.8 Å². The number of pyridine rings is 7. The first kappa shape index (κ1) is 68.4. The second-order valence-electron chi connectivity index (χ2n) is 30.9. The van der Waals surface area contributed by atoms with E-state index in [1.165, 1.54) is 131 Å². The first-order valence-electron chi connectivity index (χ1n) is 40.6. The summed E-state index contributed by atoms with van der Waals surface area (Å²) in [5.41, 5.74) is 20.0. The van der Waals surface area contributed by atoms with Gasteiger partial charge in [-0.1, -0.05) is 218 Å². The summed E-state index contributed by atoms with van der Waals surface area (Å²) in [6.45, 7) is 0. The maximum Gasteiger partial charge on any atom is 0.160 e. The molecule has 0 N–H and O–H groups in total. The molecule has 0 amide bonds. The van der Waals surface area contributed by atoms with Crippen LogP contribution in [0.15, 0.2) is 365 Å². The van der Waals surface area contributed by atoms with Gasteiger partial charge in [-0.05, 0) is 109 Å². The zero-order chi connectivity index (χ0) is 79.8. The minimum Gasteiger partial charge on any atom is -0.309 e. The van der Waals surface area contributed by atoms with Gasteiger partial charge in [-0.15, -0.1) is 34.0 Å². The van der Waals surface area contributed by atoms with E-state index in [-0.39, 0.29) is 0 Å². The van der Waals surface area contributed by atoms with Crippen LogP contribution in [0, 0.1) is 0 Å². The lowest BCUT2D eigenvalue weighted by Gasteiger charge is -2.14. The molecule has 0 unspecified atom stereocenters. The molecule has 12 nitrogen and oxygen atoms in total. The summed E-state index contributed by atoms with van der Waals surface area (Å²) in [7, 11) is 0. The Morgan fingerprint density at radius 2 is 0.631 bits per heavy atom. The highest BCUT2D eigenvalue weighted by molar-refractivity contribution is 7.28. The fraction of sp³-hybridized carbons (Fsp3) is 0. The number of para-hydroxylation sites is 3. The van der Waals surface area contributed by atoms with Crippen LogP contribution in [0.1, 0.15) is 0 Å². The van der Waals surface area contributed by atoms with Gasteiger partial charge in [0.1, 0.15) is 5.82 Å². The second-order valence-corrected chi connectivity index (χ2v) is 34.1. The minimum atomic E-state index is 0.724. The number of benzene rings is 14. The van der Waals surface area contributed by atoms with Gasteiger partial charge in [0.2, 0.25) is 0 Å². The van der Waals surface area contributed by atoms with E-state index >= 15 is 0 Å². The fourth-order valence-electron chi connectivity index (χ4n) is 19.3. The standard InChI is InChI=1S/C41H24N4S.2C33H18N4S/c1-3-12-25(13-4-1)37-31-24-27(21-22-32(31)43-41(44-37)26-14-5-2-6-15-26)45-33-19-9-7-16-28(33)35-30-18-11-23-42-38(30)40-36(39(35)45)29-17-8-10-20-34(29)46-40;1-3-11-24-21(8-1)27-23-10-6-18-35-31(23)33-28(22-9-2-4-12-25(22)38-33)32(27)37(24)26-16-15-20-14-13-19-7-5-17-34-29(19)30(20)36-26;1-3-11-24-20(8-1)27-23-10-6-17-35-31(23)33-28(22-9-2-4-12-26(22)38-33)32(27)37(24)25-15-18-36-30-21(25)14-13-19-7-5-16-34-29(19)30/h1-24H;2*1-18H. The lowest BCUT2D eigenvalue weighted by Crippen LogP contribution is -1.99. The molecule has 28 aromatic rings. The van der Waals surface area contributed by atoms with Gasteiger partial charge < -0.3 is 9.13 Å². The van der Waals surface area contributed by atoms with Gasteiger partial charge in [0.15, 0.2) is 5.82 Å². The molecule has 14 aromatic carbocycles. The monoisotopic (exact) mass is 1610 g/mol. The summed E-state index contributed by atoms with van der Waals surface area (Å²) in [4.78, 5) is 44.5. The van der Waals surface area contributed by atoms with Gasteiger partial charge in [-0.25, -0.2) is 15.0 Å². The molecule has 0 aliphatic rings. The lowest BCUT2D eigenvalue weighted by atomic mass is 10.0. The molecule has 0 aliphatic heterocycles. The normalized spacial score (nSPS) is 12.1. The number of thiophene rings is 3. The van der Waals surface area contributed by atoms with Crippen molar-refractivity contribution in [2.45, 2.75) is 0 Å². The second kappa shape index (κ2) is 26.9. The van der Waals surface area contributed by atoms with Crippen LogP contribution < -0.4 is 0 Å². The van der Waals surface area contributed by atoms with Gasteiger partial charge in [-0.2, -0.15) is 0 Å². The molecule has 0 saturated carbocycles. The molecular weight excluding hydrogens is 1550 g/mol. The molecule has 15 heteroatoms.